The molecule has 1 heterocycles. The van der Waals surface area contributed by atoms with Crippen LogP contribution >= 0.6 is 0 Å². The Hall–Kier alpha value is -3.64. The molecule has 0 unspecified atom stereocenters. The van der Waals surface area contributed by atoms with E-state index in [-0.39, 0.29) is 12.5 Å². The fourth-order valence-corrected chi connectivity index (χ4v) is 3.28. The number of methoxy groups -OCH3 is 1. The van der Waals surface area contributed by atoms with Gasteiger partial charge in [0, 0.05) is 18.2 Å². The van der Waals surface area contributed by atoms with Crippen LogP contribution in [0.2, 0.25) is 0 Å². The number of nitrogens with zero attached hydrogens (tertiary/aromatic N) is 2. The summed E-state index contributed by atoms with van der Waals surface area (Å²) in [5.41, 5.74) is 3.22. The Kier molecular flexibility index (Phi) is 5.50. The van der Waals surface area contributed by atoms with Crippen molar-refractivity contribution in [3.8, 4) is 17.2 Å². The Morgan fingerprint density at radius 3 is 2.67 bits per heavy atom. The largest absolute Gasteiger partial charge is 0.497 e. The average molecular weight is 402 g/mol. The zero-order valence-electron chi connectivity index (χ0n) is 16.8. The van der Waals surface area contributed by atoms with Gasteiger partial charge in [0.1, 0.15) is 11.3 Å². The van der Waals surface area contributed by atoms with Crippen LogP contribution in [0.3, 0.4) is 0 Å². The molecule has 0 saturated heterocycles. The summed E-state index contributed by atoms with van der Waals surface area (Å²) in [5.74, 6) is 0.969. The van der Waals surface area contributed by atoms with Crippen molar-refractivity contribution < 1.29 is 19.1 Å². The van der Waals surface area contributed by atoms with Crippen molar-refractivity contribution in [1.29, 1.82) is 0 Å². The molecule has 6 nitrogen and oxygen atoms in total. The van der Waals surface area contributed by atoms with Crippen molar-refractivity contribution >= 4 is 17.0 Å². The minimum absolute atomic E-state index is 0.187. The van der Waals surface area contributed by atoms with Gasteiger partial charge in [0.25, 0.3) is 5.91 Å². The number of oxazole rings is 1. The van der Waals surface area contributed by atoms with Crippen LogP contribution in [0.25, 0.3) is 22.6 Å². The number of aromatic nitrogens is 1. The summed E-state index contributed by atoms with van der Waals surface area (Å²) in [7, 11) is 3.27. The number of hydrogen-bond donors (Lipinski definition) is 1. The monoisotopic (exact) mass is 402 g/mol. The van der Waals surface area contributed by atoms with Crippen LogP contribution in [-0.2, 0) is 0 Å². The quantitative estimate of drug-likeness (QED) is 0.520. The second-order valence-corrected chi connectivity index (χ2v) is 7.05. The van der Waals surface area contributed by atoms with Crippen molar-refractivity contribution in [2.24, 2.45) is 0 Å². The lowest BCUT2D eigenvalue weighted by atomic mass is 10.1. The predicted octanol–water partition coefficient (Wildman–Crippen LogP) is 4.31. The molecule has 0 radical (unpaired) electrons. The third-order valence-electron chi connectivity index (χ3n) is 4.93. The molecule has 30 heavy (non-hydrogen) atoms. The lowest BCUT2D eigenvalue weighted by Crippen LogP contribution is -2.31. The Labute approximate surface area is 174 Å². The van der Waals surface area contributed by atoms with Crippen molar-refractivity contribution in [3.63, 3.8) is 0 Å². The van der Waals surface area contributed by atoms with Gasteiger partial charge in [0.15, 0.2) is 5.58 Å². The minimum Gasteiger partial charge on any atom is -0.497 e. The number of likely N-dealkylation sites (N-methyl/N-ethyl adjacent to an activating group) is 1. The number of carbonyl (C=O) groups excluding carboxylic acids is 1. The van der Waals surface area contributed by atoms with E-state index < -0.39 is 6.10 Å². The number of carbonyl (C=O) groups is 1. The first-order chi connectivity index (χ1) is 14.5. The molecule has 0 saturated carbocycles. The van der Waals surface area contributed by atoms with Gasteiger partial charge >= 0.3 is 0 Å². The lowest BCUT2D eigenvalue weighted by molar-refractivity contribution is 0.0681. The van der Waals surface area contributed by atoms with Gasteiger partial charge in [-0.2, -0.15) is 0 Å². The first kappa shape index (κ1) is 19.7. The van der Waals surface area contributed by atoms with Gasteiger partial charge in [-0.25, -0.2) is 4.98 Å². The molecule has 3 aromatic carbocycles. The molecule has 0 bridgehead atoms. The van der Waals surface area contributed by atoms with E-state index in [2.05, 4.69) is 4.98 Å². The fraction of sp³-hybridized carbons (Fsp3) is 0.167. The average Bonchev–Trinajstić information content (AvgIpc) is 3.22. The number of benzene rings is 3. The maximum Gasteiger partial charge on any atom is 0.253 e. The van der Waals surface area contributed by atoms with E-state index in [4.69, 9.17) is 9.15 Å². The first-order valence-corrected chi connectivity index (χ1v) is 9.58. The minimum atomic E-state index is -0.756. The smallest absolute Gasteiger partial charge is 0.253 e. The topological polar surface area (TPSA) is 75.8 Å². The number of fused-ring (bicyclic) bond motifs is 1. The number of ether oxygens (including phenoxy) is 1. The number of rotatable bonds is 6. The Balaban J connectivity index is 1.54. The highest BCUT2D eigenvalue weighted by molar-refractivity contribution is 5.97. The Morgan fingerprint density at radius 2 is 1.90 bits per heavy atom. The summed E-state index contributed by atoms with van der Waals surface area (Å²) >= 11 is 0. The molecule has 6 heteroatoms. The maximum absolute atomic E-state index is 12.9. The molecule has 1 amide bonds. The van der Waals surface area contributed by atoms with Crippen LogP contribution in [0, 0.1) is 0 Å². The number of aliphatic hydroxyl groups excluding tert-OH is 1. The summed E-state index contributed by atoms with van der Waals surface area (Å²) in [6, 6.07) is 21.9. The molecule has 4 rings (SSSR count). The molecular formula is C24H22N2O4. The van der Waals surface area contributed by atoms with Crippen LogP contribution in [0.1, 0.15) is 22.0 Å². The Morgan fingerprint density at radius 1 is 1.10 bits per heavy atom. The van der Waals surface area contributed by atoms with Gasteiger partial charge in [-0.3, -0.25) is 4.79 Å². The number of hydrogen-bond acceptors (Lipinski definition) is 5. The van der Waals surface area contributed by atoms with E-state index in [9.17, 15) is 9.90 Å². The standard InChI is InChI=1S/C24H22N2O4/c1-26(15-21(27)16-7-4-3-5-8-16)24(28)18-11-12-20-22(14-18)30-23(25-20)17-9-6-10-19(13-17)29-2/h3-14,21,27H,15H2,1-2H3/t21-/m0/s1. The summed E-state index contributed by atoms with van der Waals surface area (Å²) in [4.78, 5) is 18.9. The molecule has 0 aliphatic rings. The van der Waals surface area contributed by atoms with Crippen LogP contribution in [0.4, 0.5) is 0 Å². The molecular weight excluding hydrogens is 380 g/mol. The summed E-state index contributed by atoms with van der Waals surface area (Å²) in [6.45, 7) is 0.187. The molecule has 1 atom stereocenters. The first-order valence-electron chi connectivity index (χ1n) is 9.58. The van der Waals surface area contributed by atoms with E-state index in [1.807, 2.05) is 54.6 Å². The lowest BCUT2D eigenvalue weighted by Gasteiger charge is -2.21. The molecule has 0 aliphatic heterocycles. The van der Waals surface area contributed by atoms with E-state index in [1.54, 1.807) is 32.4 Å². The molecule has 0 fully saturated rings. The molecule has 1 N–H and O–H groups in total. The van der Waals surface area contributed by atoms with Gasteiger partial charge in [0.2, 0.25) is 5.89 Å². The van der Waals surface area contributed by atoms with E-state index in [0.717, 1.165) is 11.1 Å². The van der Waals surface area contributed by atoms with Gasteiger partial charge in [-0.15, -0.1) is 0 Å². The van der Waals surface area contributed by atoms with Gasteiger partial charge < -0.3 is 19.2 Å². The van der Waals surface area contributed by atoms with Gasteiger partial charge in [0.05, 0.1) is 19.8 Å². The van der Waals surface area contributed by atoms with E-state index >= 15 is 0 Å². The second-order valence-electron chi connectivity index (χ2n) is 7.05. The van der Waals surface area contributed by atoms with E-state index in [1.165, 1.54) is 4.90 Å². The molecule has 1 aromatic heterocycles. The fourth-order valence-electron chi connectivity index (χ4n) is 3.28. The van der Waals surface area contributed by atoms with E-state index in [0.29, 0.717) is 28.3 Å². The van der Waals surface area contributed by atoms with Crippen molar-refractivity contribution in [2.75, 3.05) is 20.7 Å². The van der Waals surface area contributed by atoms with Crippen molar-refractivity contribution in [2.45, 2.75) is 6.10 Å². The number of amides is 1. The summed E-state index contributed by atoms with van der Waals surface area (Å²) in [5, 5.41) is 10.4. The number of aliphatic hydroxyl groups is 1. The molecule has 152 valence electrons. The third kappa shape index (κ3) is 4.04. The zero-order valence-corrected chi connectivity index (χ0v) is 16.8. The van der Waals surface area contributed by atoms with Crippen molar-refractivity contribution in [1.82, 2.24) is 9.88 Å². The molecule has 0 aliphatic carbocycles. The maximum atomic E-state index is 12.9. The van der Waals surface area contributed by atoms with Crippen LogP contribution in [0.15, 0.2) is 77.2 Å². The Bertz CT molecular complexity index is 1170. The highest BCUT2D eigenvalue weighted by Gasteiger charge is 2.18. The highest BCUT2D eigenvalue weighted by Crippen LogP contribution is 2.27. The van der Waals surface area contributed by atoms with Crippen LogP contribution in [0.5, 0.6) is 5.75 Å². The van der Waals surface area contributed by atoms with Gasteiger partial charge in [-0.1, -0.05) is 36.4 Å². The second kappa shape index (κ2) is 8.39. The van der Waals surface area contributed by atoms with Crippen molar-refractivity contribution in [3.05, 3.63) is 83.9 Å². The highest BCUT2D eigenvalue weighted by atomic mass is 16.5. The predicted molar refractivity (Wildman–Crippen MR) is 114 cm³/mol. The third-order valence-corrected chi connectivity index (χ3v) is 4.93. The van der Waals surface area contributed by atoms with Crippen LogP contribution < -0.4 is 4.74 Å². The SMILES string of the molecule is COc1cccc(-c2nc3ccc(C(=O)N(C)C[C@H](O)c4ccccc4)cc3o2)c1. The normalized spacial score (nSPS) is 12.0. The summed E-state index contributed by atoms with van der Waals surface area (Å²) < 4.78 is 11.1. The molecule has 4 aromatic rings. The van der Waals surface area contributed by atoms with Gasteiger partial charge in [-0.05, 0) is 42.0 Å². The molecule has 0 spiro atoms. The summed E-state index contributed by atoms with van der Waals surface area (Å²) in [6.07, 6.45) is -0.756. The van der Waals surface area contributed by atoms with Crippen LogP contribution in [-0.4, -0.2) is 41.6 Å². The zero-order chi connectivity index (χ0) is 21.1.